The van der Waals surface area contributed by atoms with Gasteiger partial charge in [0.05, 0.1) is 24.2 Å². The minimum Gasteiger partial charge on any atom is -0.495 e. The second-order valence-electron chi connectivity index (χ2n) is 11.5. The summed E-state index contributed by atoms with van der Waals surface area (Å²) in [5, 5.41) is 11.1. The van der Waals surface area contributed by atoms with Crippen molar-refractivity contribution < 1.29 is 4.74 Å². The second kappa shape index (κ2) is 11.6. The molecule has 2 aromatic carbocycles. The van der Waals surface area contributed by atoms with Gasteiger partial charge in [0.2, 0.25) is 5.95 Å². The molecule has 3 aliphatic rings. The number of hydrogen-bond acceptors (Lipinski definition) is 9. The van der Waals surface area contributed by atoms with Crippen LogP contribution in [0.25, 0.3) is 11.0 Å². The standard InChI is InChI=1S/C32H39N9O/c1-38-18-20-39(21-19-38)25-12-16-40(17-13-25)28-9-8-24(22-29(28)42-2)35-32-36-30-26(10-14-33-30)31(37-32)41-27(11-15-34-41)23-6-4-3-5-7-23/h3-10,14-15,22,25,27H,11-13,16-21H2,1-2H3,(H2,33,35,36,37). The molecule has 4 aromatic rings. The predicted octanol–water partition coefficient (Wildman–Crippen LogP) is 4.86. The van der Waals surface area contributed by atoms with Crippen molar-refractivity contribution in [3.05, 3.63) is 66.4 Å². The maximum Gasteiger partial charge on any atom is 0.231 e. The summed E-state index contributed by atoms with van der Waals surface area (Å²) in [5.74, 6) is 2.14. The molecular formula is C32H39N9O. The van der Waals surface area contributed by atoms with E-state index in [9.17, 15) is 0 Å². The average Bonchev–Trinajstić information content (AvgIpc) is 3.72. The van der Waals surface area contributed by atoms with Crippen molar-refractivity contribution in [3.63, 3.8) is 0 Å². The Morgan fingerprint density at radius 1 is 0.929 bits per heavy atom. The average molecular weight is 566 g/mol. The van der Waals surface area contributed by atoms with Gasteiger partial charge in [-0.1, -0.05) is 30.3 Å². The Kier molecular flexibility index (Phi) is 7.39. The number of anilines is 4. The molecule has 0 amide bonds. The largest absolute Gasteiger partial charge is 0.495 e. The summed E-state index contributed by atoms with van der Waals surface area (Å²) in [4.78, 5) is 20.6. The normalized spacial score (nSPS) is 20.5. The summed E-state index contributed by atoms with van der Waals surface area (Å²) in [5.41, 5.74) is 3.99. The van der Waals surface area contributed by atoms with E-state index in [2.05, 4.69) is 68.4 Å². The first-order chi connectivity index (χ1) is 20.7. The van der Waals surface area contributed by atoms with E-state index >= 15 is 0 Å². The number of piperidine rings is 1. The number of hydrazone groups is 1. The van der Waals surface area contributed by atoms with Crippen LogP contribution in [-0.2, 0) is 0 Å². The highest BCUT2D eigenvalue weighted by atomic mass is 16.5. The van der Waals surface area contributed by atoms with Gasteiger partial charge in [0.15, 0.2) is 5.82 Å². The van der Waals surface area contributed by atoms with Crippen LogP contribution in [0.15, 0.2) is 65.9 Å². The van der Waals surface area contributed by atoms with Crippen LogP contribution < -0.4 is 20.0 Å². The minimum atomic E-state index is 0.0896. The van der Waals surface area contributed by atoms with Gasteiger partial charge in [-0.15, -0.1) is 0 Å². The van der Waals surface area contributed by atoms with Crippen LogP contribution in [0, 0.1) is 0 Å². The number of aromatic nitrogens is 3. The molecule has 0 saturated carbocycles. The molecule has 3 aliphatic heterocycles. The SMILES string of the molecule is COc1cc(Nc2nc(N3N=CCC3c3ccccc3)c3cc[nH]c3n2)ccc1N1CCC(N2CCN(C)CC2)CC1. The first-order valence-corrected chi connectivity index (χ1v) is 15.0. The molecule has 1 unspecified atom stereocenters. The van der Waals surface area contributed by atoms with E-state index in [1.807, 2.05) is 35.6 Å². The van der Waals surface area contributed by atoms with Gasteiger partial charge >= 0.3 is 0 Å². The van der Waals surface area contributed by atoms with Crippen LogP contribution in [0.5, 0.6) is 5.75 Å². The van der Waals surface area contributed by atoms with Gasteiger partial charge in [0.25, 0.3) is 0 Å². The third-order valence-corrected chi connectivity index (χ3v) is 8.92. The molecular weight excluding hydrogens is 526 g/mol. The lowest BCUT2D eigenvalue weighted by Crippen LogP contribution is -2.52. The number of fused-ring (bicyclic) bond motifs is 1. The van der Waals surface area contributed by atoms with E-state index in [0.717, 1.165) is 53.5 Å². The lowest BCUT2D eigenvalue weighted by Gasteiger charge is -2.42. The number of nitrogens with zero attached hydrogens (tertiary/aromatic N) is 7. The number of rotatable bonds is 7. The highest BCUT2D eigenvalue weighted by molar-refractivity contribution is 5.90. The first-order valence-electron chi connectivity index (χ1n) is 15.0. The number of piperazine rings is 1. The molecule has 2 fully saturated rings. The Bertz CT molecular complexity index is 1540. The van der Waals surface area contributed by atoms with Crippen LogP contribution in [0.4, 0.5) is 23.1 Å². The predicted molar refractivity (Wildman–Crippen MR) is 169 cm³/mol. The molecule has 0 aliphatic carbocycles. The van der Waals surface area contributed by atoms with Gasteiger partial charge < -0.3 is 24.8 Å². The van der Waals surface area contributed by atoms with Crippen molar-refractivity contribution in [1.29, 1.82) is 0 Å². The van der Waals surface area contributed by atoms with Crippen molar-refractivity contribution in [2.45, 2.75) is 31.3 Å². The molecule has 5 heterocycles. The summed E-state index contributed by atoms with van der Waals surface area (Å²) < 4.78 is 5.89. The minimum absolute atomic E-state index is 0.0896. The molecule has 1 atom stereocenters. The lowest BCUT2D eigenvalue weighted by molar-refractivity contribution is 0.0981. The summed E-state index contributed by atoms with van der Waals surface area (Å²) >= 11 is 0. The molecule has 218 valence electrons. The fourth-order valence-corrected chi connectivity index (χ4v) is 6.53. The molecule has 0 radical (unpaired) electrons. The number of aromatic amines is 1. The molecule has 7 rings (SSSR count). The Morgan fingerprint density at radius 2 is 1.74 bits per heavy atom. The zero-order chi connectivity index (χ0) is 28.5. The molecule has 10 nitrogen and oxygen atoms in total. The van der Waals surface area contributed by atoms with Crippen LogP contribution in [0.1, 0.15) is 30.9 Å². The maximum atomic E-state index is 5.89. The van der Waals surface area contributed by atoms with Crippen LogP contribution in [0.3, 0.4) is 0 Å². The van der Waals surface area contributed by atoms with Crippen molar-refractivity contribution >= 4 is 40.4 Å². The first kappa shape index (κ1) is 26.7. The fraction of sp³-hybridized carbons (Fsp3) is 0.406. The van der Waals surface area contributed by atoms with E-state index in [1.54, 1.807) is 7.11 Å². The zero-order valence-electron chi connectivity index (χ0n) is 24.4. The summed E-state index contributed by atoms with van der Waals surface area (Å²) in [6.45, 7) is 6.77. The number of nitrogens with one attached hydrogen (secondary N) is 2. The number of H-pyrrole nitrogens is 1. The molecule has 2 saturated heterocycles. The van der Waals surface area contributed by atoms with Gasteiger partial charge in [-0.3, -0.25) is 4.90 Å². The molecule has 0 bridgehead atoms. The van der Waals surface area contributed by atoms with Gasteiger partial charge in [-0.05, 0) is 43.7 Å². The number of hydrogen-bond donors (Lipinski definition) is 2. The Hall–Kier alpha value is -4.15. The molecule has 10 heteroatoms. The number of ether oxygens (including phenoxy) is 1. The van der Waals surface area contributed by atoms with Crippen molar-refractivity contribution in [2.75, 3.05) is 68.7 Å². The molecule has 2 aromatic heterocycles. The van der Waals surface area contributed by atoms with Gasteiger partial charge in [0, 0.05) is 75.9 Å². The van der Waals surface area contributed by atoms with E-state index in [0.29, 0.717) is 12.0 Å². The molecule has 42 heavy (non-hydrogen) atoms. The fourth-order valence-electron chi connectivity index (χ4n) is 6.53. The molecule has 0 spiro atoms. The summed E-state index contributed by atoms with van der Waals surface area (Å²) in [6.07, 6.45) is 7.05. The quantitative estimate of drug-likeness (QED) is 0.329. The maximum absolute atomic E-state index is 5.89. The molecule has 2 N–H and O–H groups in total. The Morgan fingerprint density at radius 3 is 2.52 bits per heavy atom. The number of methoxy groups -OCH3 is 1. The topological polar surface area (TPSA) is 88.1 Å². The number of benzene rings is 2. The van der Waals surface area contributed by atoms with E-state index < -0.39 is 0 Å². The summed E-state index contributed by atoms with van der Waals surface area (Å²) in [7, 11) is 3.96. The lowest BCUT2D eigenvalue weighted by atomic mass is 10.0. The van der Waals surface area contributed by atoms with Gasteiger partial charge in [-0.25, -0.2) is 5.01 Å². The van der Waals surface area contributed by atoms with Gasteiger partial charge in [-0.2, -0.15) is 15.1 Å². The van der Waals surface area contributed by atoms with E-state index in [-0.39, 0.29) is 6.04 Å². The Labute approximate surface area is 247 Å². The van der Waals surface area contributed by atoms with Crippen molar-refractivity contribution in [2.24, 2.45) is 5.10 Å². The second-order valence-corrected chi connectivity index (χ2v) is 11.5. The van der Waals surface area contributed by atoms with Gasteiger partial charge in [0.1, 0.15) is 11.4 Å². The highest BCUT2D eigenvalue weighted by Crippen LogP contribution is 2.38. The monoisotopic (exact) mass is 565 g/mol. The van der Waals surface area contributed by atoms with E-state index in [4.69, 9.17) is 19.8 Å². The third-order valence-electron chi connectivity index (χ3n) is 8.92. The van der Waals surface area contributed by atoms with Crippen LogP contribution in [-0.4, -0.2) is 90.4 Å². The third kappa shape index (κ3) is 5.28. The highest BCUT2D eigenvalue weighted by Gasteiger charge is 2.29. The number of likely N-dealkylation sites (N-methyl/N-ethyl adjacent to an activating group) is 1. The van der Waals surface area contributed by atoms with Crippen molar-refractivity contribution in [3.8, 4) is 5.75 Å². The van der Waals surface area contributed by atoms with E-state index in [1.165, 1.54) is 44.6 Å². The Balaban J connectivity index is 1.09. The van der Waals surface area contributed by atoms with Crippen molar-refractivity contribution in [1.82, 2.24) is 24.8 Å². The summed E-state index contributed by atoms with van der Waals surface area (Å²) in [6, 6.07) is 19.5. The van der Waals surface area contributed by atoms with Crippen LogP contribution in [0.2, 0.25) is 0 Å². The zero-order valence-corrected chi connectivity index (χ0v) is 24.4. The smallest absolute Gasteiger partial charge is 0.231 e. The van der Waals surface area contributed by atoms with Crippen LogP contribution >= 0.6 is 0 Å².